The van der Waals surface area contributed by atoms with Crippen molar-refractivity contribution in [2.75, 3.05) is 32.2 Å². The van der Waals surface area contributed by atoms with Gasteiger partial charge < -0.3 is 19.9 Å². The first-order valence-electron chi connectivity index (χ1n) is 6.31. The first-order valence-corrected chi connectivity index (χ1v) is 6.31. The monoisotopic (exact) mass is 271 g/mol. The molecular weight excluding hydrogens is 249 g/mol. The number of nitrogens with one attached hydrogen (secondary N) is 1. The van der Waals surface area contributed by atoms with Gasteiger partial charge in [0.2, 0.25) is 0 Å². The maximum atomic E-state index is 13.1. The number of ether oxygens (including phenoxy) is 2. The standard InChI is InChI=1S/C14H22FNO3/c1-10-6-12(4-5-14(10)15)16-7-13(17)9-19-11(2)8-18-3/h4-6,11,13,16-17H,7-9H2,1-3H3. The summed E-state index contributed by atoms with van der Waals surface area (Å²) in [5, 5.41) is 12.8. The minimum atomic E-state index is -0.621. The molecule has 2 atom stereocenters. The van der Waals surface area contributed by atoms with Crippen molar-refractivity contribution < 1.29 is 19.0 Å². The van der Waals surface area contributed by atoms with E-state index in [1.165, 1.54) is 6.07 Å². The molecule has 0 saturated carbocycles. The second-order valence-corrected chi connectivity index (χ2v) is 4.60. The van der Waals surface area contributed by atoms with Crippen LogP contribution in [0.5, 0.6) is 0 Å². The Hall–Kier alpha value is -1.17. The van der Waals surface area contributed by atoms with Crippen molar-refractivity contribution in [2.45, 2.75) is 26.1 Å². The van der Waals surface area contributed by atoms with Gasteiger partial charge in [-0.2, -0.15) is 0 Å². The van der Waals surface area contributed by atoms with Crippen LogP contribution in [0.2, 0.25) is 0 Å². The van der Waals surface area contributed by atoms with Crippen LogP contribution in [0.1, 0.15) is 12.5 Å². The van der Waals surface area contributed by atoms with Gasteiger partial charge in [-0.25, -0.2) is 4.39 Å². The normalized spacial score (nSPS) is 14.2. The van der Waals surface area contributed by atoms with Gasteiger partial charge in [0.25, 0.3) is 0 Å². The van der Waals surface area contributed by atoms with Gasteiger partial charge in [-0.15, -0.1) is 0 Å². The molecule has 0 heterocycles. The molecule has 19 heavy (non-hydrogen) atoms. The largest absolute Gasteiger partial charge is 0.389 e. The molecule has 0 amide bonds. The third kappa shape index (κ3) is 6.00. The lowest BCUT2D eigenvalue weighted by Crippen LogP contribution is -2.28. The molecular formula is C14H22FNO3. The summed E-state index contributed by atoms with van der Waals surface area (Å²) >= 11 is 0. The summed E-state index contributed by atoms with van der Waals surface area (Å²) in [6, 6.07) is 4.75. The van der Waals surface area contributed by atoms with E-state index in [1.54, 1.807) is 26.2 Å². The van der Waals surface area contributed by atoms with Crippen LogP contribution < -0.4 is 5.32 Å². The van der Waals surface area contributed by atoms with Crippen molar-refractivity contribution in [1.29, 1.82) is 0 Å². The highest BCUT2D eigenvalue weighted by atomic mass is 19.1. The number of hydrogen-bond donors (Lipinski definition) is 2. The lowest BCUT2D eigenvalue weighted by Gasteiger charge is -2.17. The highest BCUT2D eigenvalue weighted by Crippen LogP contribution is 2.13. The zero-order chi connectivity index (χ0) is 14.3. The molecule has 1 aromatic carbocycles. The molecule has 0 aliphatic heterocycles. The van der Waals surface area contributed by atoms with Gasteiger partial charge in [-0.05, 0) is 37.6 Å². The predicted octanol–water partition coefficient (Wildman–Crippen LogP) is 1.96. The lowest BCUT2D eigenvalue weighted by molar-refractivity contribution is -0.0282. The zero-order valence-electron chi connectivity index (χ0n) is 11.6. The van der Waals surface area contributed by atoms with Gasteiger partial charge in [0, 0.05) is 19.3 Å². The Morgan fingerprint density at radius 3 is 2.74 bits per heavy atom. The Kier molecular flexibility index (Phi) is 6.77. The van der Waals surface area contributed by atoms with Crippen molar-refractivity contribution in [3.63, 3.8) is 0 Å². The number of aliphatic hydroxyl groups excluding tert-OH is 1. The topological polar surface area (TPSA) is 50.7 Å². The van der Waals surface area contributed by atoms with Crippen molar-refractivity contribution in [3.05, 3.63) is 29.6 Å². The van der Waals surface area contributed by atoms with Gasteiger partial charge in [0.1, 0.15) is 5.82 Å². The molecule has 0 saturated heterocycles. The van der Waals surface area contributed by atoms with E-state index < -0.39 is 6.10 Å². The van der Waals surface area contributed by atoms with Crippen molar-refractivity contribution in [2.24, 2.45) is 0 Å². The molecule has 0 aliphatic carbocycles. The number of aryl methyl sites for hydroxylation is 1. The predicted molar refractivity (Wildman–Crippen MR) is 72.9 cm³/mol. The second kappa shape index (κ2) is 8.09. The van der Waals surface area contributed by atoms with E-state index >= 15 is 0 Å². The average molecular weight is 271 g/mol. The summed E-state index contributed by atoms with van der Waals surface area (Å²) in [7, 11) is 1.61. The summed E-state index contributed by atoms with van der Waals surface area (Å²) in [6.07, 6.45) is -0.669. The Morgan fingerprint density at radius 1 is 1.37 bits per heavy atom. The highest BCUT2D eigenvalue weighted by molar-refractivity contribution is 5.45. The fourth-order valence-corrected chi connectivity index (χ4v) is 1.61. The van der Waals surface area contributed by atoms with Crippen LogP contribution >= 0.6 is 0 Å². The van der Waals surface area contributed by atoms with Crippen molar-refractivity contribution >= 4 is 5.69 Å². The van der Waals surface area contributed by atoms with Crippen LogP contribution in [0.3, 0.4) is 0 Å². The average Bonchev–Trinajstić information content (AvgIpc) is 2.38. The Balaban J connectivity index is 2.29. The summed E-state index contributed by atoms with van der Waals surface area (Å²) in [4.78, 5) is 0. The van der Waals surface area contributed by atoms with E-state index in [2.05, 4.69) is 5.32 Å². The maximum Gasteiger partial charge on any atom is 0.126 e. The molecule has 0 fully saturated rings. The third-order valence-corrected chi connectivity index (χ3v) is 2.67. The van der Waals surface area contributed by atoms with E-state index in [1.807, 2.05) is 6.92 Å². The molecule has 0 spiro atoms. The molecule has 0 bridgehead atoms. The first-order chi connectivity index (χ1) is 9.02. The molecule has 1 rings (SSSR count). The highest BCUT2D eigenvalue weighted by Gasteiger charge is 2.08. The summed E-state index contributed by atoms with van der Waals surface area (Å²) in [6.45, 7) is 4.67. The summed E-state index contributed by atoms with van der Waals surface area (Å²) in [5.41, 5.74) is 1.35. The Bertz CT molecular complexity index is 387. The van der Waals surface area contributed by atoms with E-state index in [0.29, 0.717) is 18.7 Å². The number of halogens is 1. The smallest absolute Gasteiger partial charge is 0.126 e. The van der Waals surface area contributed by atoms with Crippen LogP contribution in [0.25, 0.3) is 0 Å². The molecule has 0 aliphatic rings. The van der Waals surface area contributed by atoms with E-state index in [-0.39, 0.29) is 18.5 Å². The summed E-state index contributed by atoms with van der Waals surface area (Å²) < 4.78 is 23.4. The third-order valence-electron chi connectivity index (χ3n) is 2.67. The quantitative estimate of drug-likeness (QED) is 0.759. The molecule has 5 heteroatoms. The van der Waals surface area contributed by atoms with Crippen molar-refractivity contribution in [1.82, 2.24) is 0 Å². The second-order valence-electron chi connectivity index (χ2n) is 4.60. The fraction of sp³-hybridized carbons (Fsp3) is 0.571. The molecule has 2 N–H and O–H groups in total. The number of anilines is 1. The van der Waals surface area contributed by atoms with E-state index in [4.69, 9.17) is 9.47 Å². The molecule has 4 nitrogen and oxygen atoms in total. The first kappa shape index (κ1) is 15.9. The maximum absolute atomic E-state index is 13.1. The number of rotatable bonds is 8. The Labute approximate surface area is 113 Å². The van der Waals surface area contributed by atoms with Crippen LogP contribution in [0.4, 0.5) is 10.1 Å². The minimum Gasteiger partial charge on any atom is -0.389 e. The molecule has 108 valence electrons. The molecule has 0 aromatic heterocycles. The fourth-order valence-electron chi connectivity index (χ4n) is 1.61. The van der Waals surface area contributed by atoms with Gasteiger partial charge in [-0.1, -0.05) is 0 Å². The van der Waals surface area contributed by atoms with Crippen LogP contribution in [0.15, 0.2) is 18.2 Å². The Morgan fingerprint density at radius 2 is 2.11 bits per heavy atom. The van der Waals surface area contributed by atoms with Crippen LogP contribution in [-0.4, -0.2) is 44.2 Å². The van der Waals surface area contributed by atoms with E-state index in [0.717, 1.165) is 5.69 Å². The number of aliphatic hydroxyl groups is 1. The van der Waals surface area contributed by atoms with Gasteiger partial charge in [-0.3, -0.25) is 0 Å². The minimum absolute atomic E-state index is 0.0484. The number of benzene rings is 1. The number of methoxy groups -OCH3 is 1. The number of hydrogen-bond acceptors (Lipinski definition) is 4. The molecule has 1 aromatic rings. The van der Waals surface area contributed by atoms with Gasteiger partial charge in [0.05, 0.1) is 25.4 Å². The zero-order valence-corrected chi connectivity index (χ0v) is 11.6. The van der Waals surface area contributed by atoms with Crippen molar-refractivity contribution in [3.8, 4) is 0 Å². The van der Waals surface area contributed by atoms with Crippen LogP contribution in [-0.2, 0) is 9.47 Å². The SMILES string of the molecule is COCC(C)OCC(O)CNc1ccc(F)c(C)c1. The van der Waals surface area contributed by atoms with Gasteiger partial charge in [0.15, 0.2) is 0 Å². The van der Waals surface area contributed by atoms with Gasteiger partial charge >= 0.3 is 0 Å². The van der Waals surface area contributed by atoms with Crippen LogP contribution in [0, 0.1) is 12.7 Å². The summed E-state index contributed by atoms with van der Waals surface area (Å²) in [5.74, 6) is -0.233. The molecule has 2 unspecified atom stereocenters. The molecule has 0 radical (unpaired) electrons. The lowest BCUT2D eigenvalue weighted by atomic mass is 10.2. The van der Waals surface area contributed by atoms with E-state index in [9.17, 15) is 9.50 Å².